The maximum Gasteiger partial charge on any atom is 0.446 e. The Hall–Kier alpha value is -2.26. The van der Waals surface area contributed by atoms with Crippen LogP contribution >= 0.6 is 0 Å². The van der Waals surface area contributed by atoms with E-state index in [0.717, 1.165) is 12.7 Å². The van der Waals surface area contributed by atoms with Gasteiger partial charge in [-0.05, 0) is 13.0 Å². The zero-order valence-corrected chi connectivity index (χ0v) is 8.93. The normalized spacial score (nSPS) is 9.12. The first-order valence-electron chi connectivity index (χ1n) is 4.52. The Morgan fingerprint density at radius 1 is 1.38 bits per heavy atom. The summed E-state index contributed by atoms with van der Waals surface area (Å²) >= 11 is 0. The molecule has 0 bridgehead atoms. The predicted molar refractivity (Wildman–Crippen MR) is 56.2 cm³/mol. The van der Waals surface area contributed by atoms with E-state index in [4.69, 9.17) is 5.53 Å². The lowest BCUT2D eigenvalue weighted by Crippen LogP contribution is -2.26. The highest BCUT2D eigenvalue weighted by molar-refractivity contribution is 6.65. The molecule has 5 heteroatoms. The van der Waals surface area contributed by atoms with Crippen molar-refractivity contribution in [3.63, 3.8) is 0 Å². The van der Waals surface area contributed by atoms with Crippen LogP contribution in [-0.4, -0.2) is 29.4 Å². The van der Waals surface area contributed by atoms with Crippen LogP contribution in [0, 0.1) is 6.92 Å². The number of carbonyl (C=O) groups is 2. The van der Waals surface area contributed by atoms with E-state index in [2.05, 4.69) is 9.53 Å². The van der Waals surface area contributed by atoms with Crippen molar-refractivity contribution in [3.8, 4) is 0 Å². The Kier molecular flexibility index (Phi) is 3.69. The van der Waals surface area contributed by atoms with Crippen molar-refractivity contribution in [2.45, 2.75) is 6.92 Å². The molecule has 0 unspecified atom stereocenters. The van der Waals surface area contributed by atoms with Gasteiger partial charge in [0.2, 0.25) is 0 Å². The quantitative estimate of drug-likeness (QED) is 0.190. The molecule has 16 heavy (non-hydrogen) atoms. The van der Waals surface area contributed by atoms with Gasteiger partial charge in [-0.25, -0.2) is 4.79 Å². The number of methoxy groups -OCH3 is 1. The summed E-state index contributed by atoms with van der Waals surface area (Å²) in [6.45, 7) is 1.81. The summed E-state index contributed by atoms with van der Waals surface area (Å²) < 4.78 is 4.33. The van der Waals surface area contributed by atoms with Gasteiger partial charge >= 0.3 is 11.7 Å². The van der Waals surface area contributed by atoms with Crippen LogP contribution in [0.15, 0.2) is 24.3 Å². The third kappa shape index (κ3) is 2.40. The number of esters is 1. The van der Waals surface area contributed by atoms with Crippen molar-refractivity contribution in [2.75, 3.05) is 7.11 Å². The van der Waals surface area contributed by atoms with Gasteiger partial charge in [-0.1, -0.05) is 23.8 Å². The summed E-state index contributed by atoms with van der Waals surface area (Å²) in [5.74, 6) is -1.63. The highest BCUT2D eigenvalue weighted by Gasteiger charge is 2.31. The van der Waals surface area contributed by atoms with Gasteiger partial charge in [-0.3, -0.25) is 4.79 Å². The maximum atomic E-state index is 11.7. The van der Waals surface area contributed by atoms with Crippen LogP contribution in [0.5, 0.6) is 0 Å². The monoisotopic (exact) mass is 218 g/mol. The molecule has 0 aliphatic heterocycles. The number of carbonyl (C=O) groups excluding carboxylic acids is 2. The van der Waals surface area contributed by atoms with Crippen molar-refractivity contribution in [2.24, 2.45) is 0 Å². The SMILES string of the molecule is COC(=O)C(=[N+]=[N-])C(=O)c1cccc(C)c1. The van der Waals surface area contributed by atoms with Crippen molar-refractivity contribution < 1.29 is 19.1 Å². The lowest BCUT2D eigenvalue weighted by atomic mass is 10.0. The van der Waals surface area contributed by atoms with E-state index in [-0.39, 0.29) is 5.56 Å². The predicted octanol–water partition coefficient (Wildman–Crippen LogP) is 1.02. The van der Waals surface area contributed by atoms with Gasteiger partial charge in [0.25, 0.3) is 5.78 Å². The third-order valence-electron chi connectivity index (χ3n) is 1.97. The highest BCUT2D eigenvalue weighted by Crippen LogP contribution is 2.05. The molecule has 0 atom stereocenters. The summed E-state index contributed by atoms with van der Waals surface area (Å²) in [5.41, 5.74) is 9.11. The number of aryl methyl sites for hydroxylation is 1. The smallest absolute Gasteiger partial charge is 0.446 e. The number of hydrogen-bond donors (Lipinski definition) is 0. The van der Waals surface area contributed by atoms with Crippen molar-refractivity contribution in [1.82, 2.24) is 0 Å². The van der Waals surface area contributed by atoms with E-state index in [9.17, 15) is 9.59 Å². The Balaban J connectivity index is 3.11. The molecule has 0 heterocycles. The first-order chi connectivity index (χ1) is 7.60. The Labute approximate surface area is 92.3 Å². The van der Waals surface area contributed by atoms with Gasteiger partial charge in [0, 0.05) is 5.56 Å². The molecule has 0 saturated heterocycles. The average molecular weight is 218 g/mol. The molecule has 1 aromatic carbocycles. The highest BCUT2D eigenvalue weighted by atomic mass is 16.5. The molecule has 0 spiro atoms. The van der Waals surface area contributed by atoms with Gasteiger partial charge < -0.3 is 10.3 Å². The minimum atomic E-state index is -0.964. The van der Waals surface area contributed by atoms with Crippen LogP contribution in [0.25, 0.3) is 5.53 Å². The van der Waals surface area contributed by atoms with E-state index in [1.165, 1.54) is 6.07 Å². The van der Waals surface area contributed by atoms with E-state index >= 15 is 0 Å². The second-order valence-corrected chi connectivity index (χ2v) is 3.14. The van der Waals surface area contributed by atoms with Crippen LogP contribution < -0.4 is 0 Å². The first kappa shape index (κ1) is 11.8. The fraction of sp³-hybridized carbons (Fsp3) is 0.182. The van der Waals surface area contributed by atoms with Gasteiger partial charge in [-0.15, -0.1) is 0 Å². The van der Waals surface area contributed by atoms with Crippen molar-refractivity contribution in [3.05, 3.63) is 40.9 Å². The minimum absolute atomic E-state index is 0.276. The molecule has 0 amide bonds. The van der Waals surface area contributed by atoms with Crippen LogP contribution in [-0.2, 0) is 9.53 Å². The summed E-state index contributed by atoms with van der Waals surface area (Å²) in [6.07, 6.45) is 0. The molecule has 0 N–H and O–H groups in total. The molecule has 0 saturated carbocycles. The van der Waals surface area contributed by atoms with Gasteiger partial charge in [0.05, 0.1) is 7.11 Å². The van der Waals surface area contributed by atoms with Crippen LogP contribution in [0.3, 0.4) is 0 Å². The maximum absolute atomic E-state index is 11.7. The lowest BCUT2D eigenvalue weighted by Gasteiger charge is -1.97. The van der Waals surface area contributed by atoms with Crippen LogP contribution in [0.4, 0.5) is 0 Å². The van der Waals surface area contributed by atoms with Gasteiger partial charge in [-0.2, -0.15) is 4.79 Å². The largest absolute Gasteiger partial charge is 0.460 e. The summed E-state index contributed by atoms with van der Waals surface area (Å²) in [4.78, 5) is 25.5. The summed E-state index contributed by atoms with van der Waals surface area (Å²) in [7, 11) is 1.11. The van der Waals surface area contributed by atoms with E-state index in [1.54, 1.807) is 12.1 Å². The minimum Gasteiger partial charge on any atom is -0.460 e. The summed E-state index contributed by atoms with van der Waals surface area (Å²) in [5, 5.41) is 0. The second-order valence-electron chi connectivity index (χ2n) is 3.14. The Morgan fingerprint density at radius 3 is 2.56 bits per heavy atom. The number of Topliss-reactive ketones (excluding diaryl/α,β-unsaturated/α-hetero) is 1. The average Bonchev–Trinajstić information content (AvgIpc) is 2.29. The zero-order chi connectivity index (χ0) is 12.1. The Bertz CT molecular complexity index is 488. The molecule has 82 valence electrons. The van der Waals surface area contributed by atoms with E-state index in [1.807, 2.05) is 13.0 Å². The number of ketones is 1. The molecule has 0 aliphatic carbocycles. The van der Waals surface area contributed by atoms with Crippen LogP contribution in [0.2, 0.25) is 0 Å². The number of rotatable bonds is 3. The molecular weight excluding hydrogens is 208 g/mol. The van der Waals surface area contributed by atoms with Crippen LogP contribution in [0.1, 0.15) is 15.9 Å². The fourth-order valence-corrected chi connectivity index (χ4v) is 1.20. The Morgan fingerprint density at radius 2 is 2.06 bits per heavy atom. The fourth-order valence-electron chi connectivity index (χ4n) is 1.20. The molecule has 1 rings (SSSR count). The number of ether oxygens (including phenoxy) is 1. The second kappa shape index (κ2) is 5.00. The molecule has 0 radical (unpaired) electrons. The number of benzene rings is 1. The molecule has 0 aromatic heterocycles. The molecular formula is C11H10N2O3. The van der Waals surface area contributed by atoms with Crippen molar-refractivity contribution in [1.29, 1.82) is 0 Å². The standard InChI is InChI=1S/C11H10N2O3/c1-7-4-3-5-8(6-7)10(14)9(13-12)11(15)16-2/h3-6H,1-2H3. The lowest BCUT2D eigenvalue weighted by molar-refractivity contribution is -0.137. The number of nitrogens with zero attached hydrogens (tertiary/aromatic N) is 2. The summed E-state index contributed by atoms with van der Waals surface area (Å²) in [6, 6.07) is 6.61. The zero-order valence-electron chi connectivity index (χ0n) is 8.93. The molecule has 0 fully saturated rings. The third-order valence-corrected chi connectivity index (χ3v) is 1.97. The van der Waals surface area contributed by atoms with Gasteiger partial charge in [0.15, 0.2) is 0 Å². The first-order valence-corrected chi connectivity index (χ1v) is 4.52. The molecule has 5 nitrogen and oxygen atoms in total. The van der Waals surface area contributed by atoms with Gasteiger partial charge in [0.1, 0.15) is 0 Å². The number of hydrogen-bond acceptors (Lipinski definition) is 3. The topological polar surface area (TPSA) is 79.8 Å². The van der Waals surface area contributed by atoms with E-state index < -0.39 is 17.5 Å². The molecule has 1 aromatic rings. The van der Waals surface area contributed by atoms with E-state index in [0.29, 0.717) is 0 Å². The van der Waals surface area contributed by atoms with Crippen molar-refractivity contribution >= 4 is 17.5 Å². The molecule has 0 aliphatic rings.